The van der Waals surface area contributed by atoms with Gasteiger partial charge in [0.15, 0.2) is 0 Å². The standard InChI is InChI=1S/C15H32N2O/c1-11(10-18-6)17(5)9-13-7-8-14(16)12(2)15(13,3)4/h11-14H,7-10,16H2,1-6H3. The monoisotopic (exact) mass is 256 g/mol. The minimum absolute atomic E-state index is 0.332. The summed E-state index contributed by atoms with van der Waals surface area (Å²) in [6.07, 6.45) is 2.42. The molecule has 1 fully saturated rings. The van der Waals surface area contributed by atoms with Crippen LogP contribution in [-0.2, 0) is 4.74 Å². The highest BCUT2D eigenvalue weighted by Gasteiger charge is 2.41. The second kappa shape index (κ2) is 6.36. The highest BCUT2D eigenvalue weighted by atomic mass is 16.5. The van der Waals surface area contributed by atoms with E-state index in [1.165, 1.54) is 12.8 Å². The molecule has 18 heavy (non-hydrogen) atoms. The van der Waals surface area contributed by atoms with Gasteiger partial charge in [-0.25, -0.2) is 0 Å². The highest BCUT2D eigenvalue weighted by Crippen LogP contribution is 2.44. The molecule has 0 saturated heterocycles. The van der Waals surface area contributed by atoms with E-state index in [0.29, 0.717) is 23.4 Å². The summed E-state index contributed by atoms with van der Waals surface area (Å²) in [4.78, 5) is 2.43. The average Bonchev–Trinajstić information content (AvgIpc) is 2.30. The molecule has 0 radical (unpaired) electrons. The van der Waals surface area contributed by atoms with Gasteiger partial charge in [0, 0.05) is 25.7 Å². The van der Waals surface area contributed by atoms with Gasteiger partial charge < -0.3 is 15.4 Å². The van der Waals surface area contributed by atoms with E-state index in [0.717, 1.165) is 19.1 Å². The Bertz CT molecular complexity index is 255. The van der Waals surface area contributed by atoms with Crippen LogP contribution in [0.2, 0.25) is 0 Å². The van der Waals surface area contributed by atoms with Gasteiger partial charge in [0.1, 0.15) is 0 Å². The number of ether oxygens (including phenoxy) is 1. The summed E-state index contributed by atoms with van der Waals surface area (Å²) >= 11 is 0. The van der Waals surface area contributed by atoms with Crippen molar-refractivity contribution < 1.29 is 4.74 Å². The van der Waals surface area contributed by atoms with E-state index in [4.69, 9.17) is 10.5 Å². The smallest absolute Gasteiger partial charge is 0.0615 e. The number of methoxy groups -OCH3 is 1. The number of nitrogens with two attached hydrogens (primary N) is 1. The summed E-state index contributed by atoms with van der Waals surface area (Å²) in [6.45, 7) is 11.3. The normalized spacial score (nSPS) is 33.7. The van der Waals surface area contributed by atoms with E-state index in [-0.39, 0.29) is 0 Å². The first-order valence-corrected chi connectivity index (χ1v) is 7.25. The lowest BCUT2D eigenvalue weighted by Gasteiger charge is -2.48. The predicted molar refractivity (Wildman–Crippen MR) is 77.6 cm³/mol. The van der Waals surface area contributed by atoms with Gasteiger partial charge in [-0.2, -0.15) is 0 Å². The van der Waals surface area contributed by atoms with E-state index >= 15 is 0 Å². The molecule has 2 N–H and O–H groups in total. The molecule has 3 heteroatoms. The van der Waals surface area contributed by atoms with E-state index in [2.05, 4.69) is 39.6 Å². The van der Waals surface area contributed by atoms with Crippen LogP contribution >= 0.6 is 0 Å². The molecule has 4 atom stereocenters. The lowest BCUT2D eigenvalue weighted by Crippen LogP contribution is -2.50. The second-order valence-electron chi connectivity index (χ2n) is 6.79. The minimum Gasteiger partial charge on any atom is -0.383 e. The molecule has 0 aromatic carbocycles. The third-order valence-electron chi connectivity index (χ3n) is 5.39. The zero-order valence-corrected chi connectivity index (χ0v) is 13.1. The Morgan fingerprint density at radius 1 is 1.39 bits per heavy atom. The topological polar surface area (TPSA) is 38.5 Å². The molecule has 1 saturated carbocycles. The van der Waals surface area contributed by atoms with Gasteiger partial charge in [-0.3, -0.25) is 0 Å². The summed E-state index contributed by atoms with van der Waals surface area (Å²) in [6, 6.07) is 0.856. The maximum atomic E-state index is 6.22. The first kappa shape index (κ1) is 15.9. The van der Waals surface area contributed by atoms with Crippen LogP contribution in [0.3, 0.4) is 0 Å². The molecule has 108 valence electrons. The Morgan fingerprint density at radius 2 is 2.00 bits per heavy atom. The van der Waals surface area contributed by atoms with E-state index < -0.39 is 0 Å². The molecule has 0 spiro atoms. The van der Waals surface area contributed by atoms with Crippen molar-refractivity contribution in [3.05, 3.63) is 0 Å². The van der Waals surface area contributed by atoms with Gasteiger partial charge in [0.05, 0.1) is 6.61 Å². The van der Waals surface area contributed by atoms with Crippen LogP contribution in [-0.4, -0.2) is 44.3 Å². The van der Waals surface area contributed by atoms with Crippen molar-refractivity contribution in [2.45, 2.75) is 52.6 Å². The SMILES string of the molecule is COCC(C)N(C)CC1CCC(N)C(C)C1(C)C. The van der Waals surface area contributed by atoms with Gasteiger partial charge in [-0.15, -0.1) is 0 Å². The number of hydrogen-bond acceptors (Lipinski definition) is 3. The van der Waals surface area contributed by atoms with Crippen molar-refractivity contribution in [2.75, 3.05) is 27.3 Å². The Balaban J connectivity index is 2.61. The fourth-order valence-corrected chi connectivity index (χ4v) is 3.16. The minimum atomic E-state index is 0.332. The van der Waals surface area contributed by atoms with Crippen LogP contribution in [0.15, 0.2) is 0 Å². The molecule has 0 bridgehead atoms. The van der Waals surface area contributed by atoms with Crippen molar-refractivity contribution in [1.82, 2.24) is 4.90 Å². The Kier molecular flexibility index (Phi) is 5.63. The molecule has 3 nitrogen and oxygen atoms in total. The summed E-state index contributed by atoms with van der Waals surface area (Å²) in [7, 11) is 3.98. The largest absolute Gasteiger partial charge is 0.383 e. The number of rotatable bonds is 5. The van der Waals surface area contributed by atoms with Gasteiger partial charge in [-0.05, 0) is 44.1 Å². The van der Waals surface area contributed by atoms with Crippen LogP contribution in [0.5, 0.6) is 0 Å². The zero-order chi connectivity index (χ0) is 13.9. The maximum absolute atomic E-state index is 6.22. The van der Waals surface area contributed by atoms with Crippen LogP contribution in [0, 0.1) is 17.3 Å². The van der Waals surface area contributed by atoms with Crippen molar-refractivity contribution in [1.29, 1.82) is 0 Å². The van der Waals surface area contributed by atoms with Crippen molar-refractivity contribution >= 4 is 0 Å². The zero-order valence-electron chi connectivity index (χ0n) is 13.1. The quantitative estimate of drug-likeness (QED) is 0.820. The third-order valence-corrected chi connectivity index (χ3v) is 5.39. The molecule has 1 aliphatic carbocycles. The Morgan fingerprint density at radius 3 is 2.56 bits per heavy atom. The summed E-state index contributed by atoms with van der Waals surface area (Å²) in [5, 5.41) is 0. The summed E-state index contributed by atoms with van der Waals surface area (Å²) in [5.74, 6) is 1.33. The Labute approximate surface area is 113 Å². The van der Waals surface area contributed by atoms with Crippen molar-refractivity contribution in [3.8, 4) is 0 Å². The molecule has 0 aromatic heterocycles. The second-order valence-corrected chi connectivity index (χ2v) is 6.79. The Hall–Kier alpha value is -0.120. The maximum Gasteiger partial charge on any atom is 0.0615 e. The summed E-state index contributed by atoms with van der Waals surface area (Å²) < 4.78 is 5.24. The van der Waals surface area contributed by atoms with E-state index in [9.17, 15) is 0 Å². The first-order valence-electron chi connectivity index (χ1n) is 7.25. The van der Waals surface area contributed by atoms with Crippen LogP contribution < -0.4 is 5.73 Å². The molecule has 0 aliphatic heterocycles. The van der Waals surface area contributed by atoms with Crippen LogP contribution in [0.25, 0.3) is 0 Å². The molecule has 0 heterocycles. The fourth-order valence-electron chi connectivity index (χ4n) is 3.16. The predicted octanol–water partition coefficient (Wildman–Crippen LogP) is 2.35. The average molecular weight is 256 g/mol. The van der Waals surface area contributed by atoms with Gasteiger partial charge >= 0.3 is 0 Å². The fraction of sp³-hybridized carbons (Fsp3) is 1.00. The van der Waals surface area contributed by atoms with Gasteiger partial charge in [0.2, 0.25) is 0 Å². The molecular formula is C15H32N2O. The van der Waals surface area contributed by atoms with Gasteiger partial charge in [-0.1, -0.05) is 20.8 Å². The molecule has 1 aliphatic rings. The van der Waals surface area contributed by atoms with E-state index in [1.54, 1.807) is 7.11 Å². The van der Waals surface area contributed by atoms with Crippen LogP contribution in [0.1, 0.15) is 40.5 Å². The third kappa shape index (κ3) is 3.46. The molecule has 1 rings (SSSR count). The molecule has 0 amide bonds. The lowest BCUT2D eigenvalue weighted by atomic mass is 9.61. The lowest BCUT2D eigenvalue weighted by molar-refractivity contribution is 0.0174. The molecule has 4 unspecified atom stereocenters. The van der Waals surface area contributed by atoms with Gasteiger partial charge in [0.25, 0.3) is 0 Å². The van der Waals surface area contributed by atoms with Crippen molar-refractivity contribution in [2.24, 2.45) is 23.0 Å². The molecular weight excluding hydrogens is 224 g/mol. The van der Waals surface area contributed by atoms with E-state index in [1.807, 2.05) is 0 Å². The first-order chi connectivity index (χ1) is 8.30. The number of nitrogens with zero attached hydrogens (tertiary/aromatic N) is 1. The molecule has 0 aromatic rings. The van der Waals surface area contributed by atoms with Crippen molar-refractivity contribution in [3.63, 3.8) is 0 Å². The summed E-state index contributed by atoms with van der Waals surface area (Å²) in [5.41, 5.74) is 6.55. The number of hydrogen-bond donors (Lipinski definition) is 1. The number of likely N-dealkylation sites (N-methyl/N-ethyl adjacent to an activating group) is 1. The highest BCUT2D eigenvalue weighted by molar-refractivity contribution is 4.94. The van der Waals surface area contributed by atoms with Crippen LogP contribution in [0.4, 0.5) is 0 Å².